The van der Waals surface area contributed by atoms with Crippen molar-refractivity contribution in [1.29, 1.82) is 0 Å². The smallest absolute Gasteiger partial charge is 0.193 e. The summed E-state index contributed by atoms with van der Waals surface area (Å²) < 4.78 is 18.7. The summed E-state index contributed by atoms with van der Waals surface area (Å²) in [6, 6.07) is 6.65. The third-order valence-corrected chi connectivity index (χ3v) is 4.83. The molecule has 0 spiro atoms. The van der Waals surface area contributed by atoms with Crippen LogP contribution in [0.5, 0.6) is 0 Å². The second-order valence-electron chi connectivity index (χ2n) is 6.18. The summed E-state index contributed by atoms with van der Waals surface area (Å²) >= 11 is 6.08. The lowest BCUT2D eigenvalue weighted by atomic mass is 10.1. The molecule has 0 amide bonds. The van der Waals surface area contributed by atoms with Crippen LogP contribution in [0.1, 0.15) is 11.3 Å². The number of aliphatic imine (C=N–C) groups is 1. The Bertz CT molecular complexity index is 715. The van der Waals surface area contributed by atoms with Crippen LogP contribution < -0.4 is 5.32 Å². The Labute approximate surface area is 180 Å². The van der Waals surface area contributed by atoms with Gasteiger partial charge in [-0.15, -0.1) is 24.0 Å². The van der Waals surface area contributed by atoms with Gasteiger partial charge in [-0.3, -0.25) is 9.89 Å². The molecule has 1 aromatic carbocycles. The van der Waals surface area contributed by atoms with E-state index in [0.717, 1.165) is 44.4 Å². The molecule has 1 N–H and O–H groups in total. The number of hydrogen-bond donors (Lipinski definition) is 1. The van der Waals surface area contributed by atoms with E-state index < -0.39 is 0 Å². The van der Waals surface area contributed by atoms with Crippen LogP contribution in [-0.4, -0.2) is 60.7 Å². The minimum atomic E-state index is -0.268. The molecule has 1 saturated heterocycles. The second kappa shape index (κ2) is 10.8. The van der Waals surface area contributed by atoms with Gasteiger partial charge in [0.2, 0.25) is 0 Å². The van der Waals surface area contributed by atoms with Gasteiger partial charge in [-0.05, 0) is 18.6 Å². The monoisotopic (exact) mass is 507 g/mol. The molecule has 1 fully saturated rings. The van der Waals surface area contributed by atoms with Crippen molar-refractivity contribution in [2.45, 2.75) is 13.0 Å². The molecular formula is C18H24ClFIN5O. The molecule has 0 radical (unpaired) electrons. The van der Waals surface area contributed by atoms with Gasteiger partial charge >= 0.3 is 0 Å². The first-order chi connectivity index (χ1) is 12.7. The van der Waals surface area contributed by atoms with Crippen molar-refractivity contribution in [3.8, 4) is 0 Å². The lowest BCUT2D eigenvalue weighted by Crippen LogP contribution is -2.52. The van der Waals surface area contributed by atoms with Crippen LogP contribution in [0.3, 0.4) is 0 Å². The van der Waals surface area contributed by atoms with Crippen LogP contribution in [0.2, 0.25) is 5.02 Å². The number of benzene rings is 1. The van der Waals surface area contributed by atoms with Gasteiger partial charge in [-0.2, -0.15) is 0 Å². The zero-order valence-corrected chi connectivity index (χ0v) is 18.3. The summed E-state index contributed by atoms with van der Waals surface area (Å²) in [4.78, 5) is 8.89. The van der Waals surface area contributed by atoms with Crippen molar-refractivity contribution in [3.63, 3.8) is 0 Å². The Kier molecular flexibility index (Phi) is 8.78. The third-order valence-electron chi connectivity index (χ3n) is 4.48. The van der Waals surface area contributed by atoms with Crippen molar-refractivity contribution in [1.82, 2.24) is 20.3 Å². The van der Waals surface area contributed by atoms with Crippen LogP contribution in [0.4, 0.5) is 4.39 Å². The van der Waals surface area contributed by atoms with Gasteiger partial charge < -0.3 is 14.7 Å². The first kappa shape index (κ1) is 21.9. The molecule has 0 saturated carbocycles. The number of halogens is 3. The minimum absolute atomic E-state index is 0. The summed E-state index contributed by atoms with van der Waals surface area (Å²) in [5.74, 6) is 0.564. The first-order valence-electron chi connectivity index (χ1n) is 8.67. The third kappa shape index (κ3) is 6.05. The Morgan fingerprint density at radius 1 is 1.30 bits per heavy atom. The summed E-state index contributed by atoms with van der Waals surface area (Å²) in [6.07, 6.45) is 2.11. The van der Waals surface area contributed by atoms with E-state index in [1.807, 2.05) is 6.07 Å². The molecule has 148 valence electrons. The molecule has 0 unspecified atom stereocenters. The summed E-state index contributed by atoms with van der Waals surface area (Å²) in [7, 11) is 1.76. The molecule has 1 aliphatic rings. The lowest BCUT2D eigenvalue weighted by Gasteiger charge is -2.36. The average Bonchev–Trinajstić information content (AvgIpc) is 3.15. The van der Waals surface area contributed by atoms with Gasteiger partial charge in [0, 0.05) is 63.0 Å². The van der Waals surface area contributed by atoms with Crippen LogP contribution in [0.15, 0.2) is 40.0 Å². The molecule has 1 aliphatic heterocycles. The zero-order valence-electron chi connectivity index (χ0n) is 15.2. The van der Waals surface area contributed by atoms with Crippen molar-refractivity contribution in [3.05, 3.63) is 52.6 Å². The van der Waals surface area contributed by atoms with Gasteiger partial charge in [0.15, 0.2) is 5.96 Å². The number of guanidine groups is 1. The number of nitrogens with zero attached hydrogens (tertiary/aromatic N) is 4. The predicted molar refractivity (Wildman–Crippen MR) is 115 cm³/mol. The Morgan fingerprint density at radius 2 is 2.07 bits per heavy atom. The second-order valence-corrected chi connectivity index (χ2v) is 6.59. The highest BCUT2D eigenvalue weighted by Gasteiger charge is 2.20. The number of hydrogen-bond acceptors (Lipinski definition) is 4. The molecule has 3 rings (SSSR count). The molecule has 2 heterocycles. The summed E-state index contributed by atoms with van der Waals surface area (Å²) in [5.41, 5.74) is 1.48. The maximum atomic E-state index is 13.8. The Morgan fingerprint density at radius 3 is 2.70 bits per heavy atom. The quantitative estimate of drug-likeness (QED) is 0.383. The van der Waals surface area contributed by atoms with Crippen LogP contribution >= 0.6 is 35.6 Å². The maximum Gasteiger partial charge on any atom is 0.193 e. The topological polar surface area (TPSA) is 56.9 Å². The van der Waals surface area contributed by atoms with E-state index in [4.69, 9.17) is 16.1 Å². The van der Waals surface area contributed by atoms with E-state index in [1.165, 1.54) is 6.07 Å². The zero-order chi connectivity index (χ0) is 18.4. The standard InChI is InChI=1S/C18H23ClFN5O.HI/c1-21-18(22-7-5-15-16(19)3-2-4-17(15)20)25-10-8-24(9-11-25)13-14-6-12-26-23-14;/h2-4,6,12H,5,7-11,13H2,1H3,(H,21,22);1H. The van der Waals surface area contributed by atoms with Crippen molar-refractivity contribution < 1.29 is 8.91 Å². The number of rotatable bonds is 5. The molecule has 2 aromatic rings. The molecule has 0 aliphatic carbocycles. The van der Waals surface area contributed by atoms with E-state index in [1.54, 1.807) is 25.4 Å². The number of aromatic nitrogens is 1. The number of nitrogens with one attached hydrogen (secondary N) is 1. The van der Waals surface area contributed by atoms with E-state index in [9.17, 15) is 4.39 Å². The normalized spacial score (nSPS) is 15.5. The van der Waals surface area contributed by atoms with Gasteiger partial charge in [0.1, 0.15) is 12.1 Å². The summed E-state index contributed by atoms with van der Waals surface area (Å²) in [5, 5.41) is 7.72. The van der Waals surface area contributed by atoms with E-state index in [-0.39, 0.29) is 29.8 Å². The van der Waals surface area contributed by atoms with Gasteiger partial charge in [0.05, 0.1) is 5.69 Å². The highest BCUT2D eigenvalue weighted by Crippen LogP contribution is 2.19. The van der Waals surface area contributed by atoms with Crippen LogP contribution in [-0.2, 0) is 13.0 Å². The lowest BCUT2D eigenvalue weighted by molar-refractivity contribution is 0.169. The highest BCUT2D eigenvalue weighted by molar-refractivity contribution is 14.0. The van der Waals surface area contributed by atoms with Crippen LogP contribution in [0, 0.1) is 5.82 Å². The van der Waals surface area contributed by atoms with Crippen molar-refractivity contribution in [2.75, 3.05) is 39.8 Å². The fraction of sp³-hybridized carbons (Fsp3) is 0.444. The molecule has 0 atom stereocenters. The van der Waals surface area contributed by atoms with Gasteiger partial charge in [0.25, 0.3) is 0 Å². The highest BCUT2D eigenvalue weighted by atomic mass is 127. The number of piperazine rings is 1. The largest absolute Gasteiger partial charge is 0.364 e. The van der Waals surface area contributed by atoms with Crippen molar-refractivity contribution in [2.24, 2.45) is 4.99 Å². The molecule has 0 bridgehead atoms. The van der Waals surface area contributed by atoms with E-state index >= 15 is 0 Å². The molecule has 1 aromatic heterocycles. The molecule has 9 heteroatoms. The predicted octanol–water partition coefficient (Wildman–Crippen LogP) is 3.02. The Hall–Kier alpha value is -1.39. The van der Waals surface area contributed by atoms with E-state index in [2.05, 4.69) is 25.3 Å². The van der Waals surface area contributed by atoms with Gasteiger partial charge in [-0.25, -0.2) is 4.39 Å². The van der Waals surface area contributed by atoms with Gasteiger partial charge in [-0.1, -0.05) is 22.8 Å². The minimum Gasteiger partial charge on any atom is -0.364 e. The molecule has 27 heavy (non-hydrogen) atoms. The molecule has 6 nitrogen and oxygen atoms in total. The first-order valence-corrected chi connectivity index (χ1v) is 9.05. The van der Waals surface area contributed by atoms with Crippen molar-refractivity contribution >= 4 is 41.5 Å². The molecular weight excluding hydrogens is 484 g/mol. The maximum absolute atomic E-state index is 13.8. The summed E-state index contributed by atoms with van der Waals surface area (Å²) in [6.45, 7) is 4.96. The van der Waals surface area contributed by atoms with E-state index in [0.29, 0.717) is 23.6 Å². The Balaban J connectivity index is 0.00000261. The van der Waals surface area contributed by atoms with Crippen LogP contribution in [0.25, 0.3) is 0 Å². The average molecular weight is 508 g/mol. The fourth-order valence-corrected chi connectivity index (χ4v) is 3.33. The fourth-order valence-electron chi connectivity index (χ4n) is 3.07. The SMILES string of the molecule is CN=C(NCCc1c(F)cccc1Cl)N1CCN(Cc2ccon2)CC1.I.